The van der Waals surface area contributed by atoms with Gasteiger partial charge in [0.2, 0.25) is 0 Å². The Bertz CT molecular complexity index is 523. The highest BCUT2D eigenvalue weighted by Gasteiger charge is 2.60. The van der Waals surface area contributed by atoms with Crippen molar-refractivity contribution in [2.45, 2.75) is 57.8 Å². The number of esters is 2. The first-order chi connectivity index (χ1) is 10.2. The molecule has 0 radical (unpaired) electrons. The fourth-order valence-corrected chi connectivity index (χ4v) is 4.88. The van der Waals surface area contributed by atoms with Crippen molar-refractivity contribution in [1.82, 2.24) is 0 Å². The summed E-state index contributed by atoms with van der Waals surface area (Å²) in [5.41, 5.74) is -0.571. The van der Waals surface area contributed by atoms with Crippen LogP contribution in [0.15, 0.2) is 12.2 Å². The molecule has 0 aromatic carbocycles. The topological polar surface area (TPSA) is 72.8 Å². The van der Waals surface area contributed by atoms with E-state index in [9.17, 15) is 14.7 Å². The highest BCUT2D eigenvalue weighted by Crippen LogP contribution is 2.54. The first-order valence-corrected chi connectivity index (χ1v) is 8.01. The summed E-state index contributed by atoms with van der Waals surface area (Å²) in [5, 5.41) is 11.0. The second kappa shape index (κ2) is 5.08. The van der Waals surface area contributed by atoms with Gasteiger partial charge in [0.15, 0.2) is 0 Å². The monoisotopic (exact) mass is 308 g/mol. The lowest BCUT2D eigenvalue weighted by Crippen LogP contribution is -2.40. The molecule has 1 aliphatic heterocycles. The highest BCUT2D eigenvalue weighted by atomic mass is 16.6. The second-order valence-corrected chi connectivity index (χ2v) is 7.37. The van der Waals surface area contributed by atoms with Crippen LogP contribution in [-0.2, 0) is 19.1 Å². The highest BCUT2D eigenvalue weighted by molar-refractivity contribution is 5.91. The van der Waals surface area contributed by atoms with Gasteiger partial charge in [-0.1, -0.05) is 13.5 Å². The average molecular weight is 308 g/mol. The van der Waals surface area contributed by atoms with Crippen LogP contribution in [0.2, 0.25) is 0 Å². The standard InChI is InChI=1S/C17H24O5/c1-8-5-6-11-13(8)15-14(9(2)16(19)22-15)12(21-10(3)18)7-17(11,4)20/h8,11-15,20H,2,5-7H2,1,3-4H3/t8-,11+,12-,13-,14-,15-,17-/m1/s1. The van der Waals surface area contributed by atoms with Gasteiger partial charge < -0.3 is 14.6 Å². The Morgan fingerprint density at radius 2 is 2.14 bits per heavy atom. The van der Waals surface area contributed by atoms with Crippen molar-refractivity contribution >= 4 is 11.9 Å². The first kappa shape index (κ1) is 15.5. The third-order valence-electron chi connectivity index (χ3n) is 5.83. The van der Waals surface area contributed by atoms with Crippen LogP contribution in [-0.4, -0.2) is 34.9 Å². The maximum Gasteiger partial charge on any atom is 0.334 e. The third kappa shape index (κ3) is 2.26. The number of ether oxygens (including phenoxy) is 2. The fraction of sp³-hybridized carbons (Fsp3) is 0.765. The molecule has 7 atom stereocenters. The Balaban J connectivity index is 2.03. The summed E-state index contributed by atoms with van der Waals surface area (Å²) in [5.74, 6) is -0.659. The second-order valence-electron chi connectivity index (χ2n) is 7.37. The summed E-state index contributed by atoms with van der Waals surface area (Å²) in [6.45, 7) is 9.15. The molecule has 3 aliphatic rings. The van der Waals surface area contributed by atoms with Gasteiger partial charge in [-0.2, -0.15) is 0 Å². The normalized spacial score (nSPS) is 47.5. The molecule has 22 heavy (non-hydrogen) atoms. The zero-order valence-corrected chi connectivity index (χ0v) is 13.4. The van der Waals surface area contributed by atoms with E-state index >= 15 is 0 Å². The summed E-state index contributed by atoms with van der Waals surface area (Å²) in [6.07, 6.45) is 1.32. The molecular weight excluding hydrogens is 284 g/mol. The molecule has 0 amide bonds. The third-order valence-corrected chi connectivity index (χ3v) is 5.83. The molecule has 2 aliphatic carbocycles. The summed E-state index contributed by atoms with van der Waals surface area (Å²) in [7, 11) is 0. The Morgan fingerprint density at radius 1 is 1.45 bits per heavy atom. The Morgan fingerprint density at radius 3 is 2.77 bits per heavy atom. The van der Waals surface area contributed by atoms with Gasteiger partial charge in [-0.25, -0.2) is 4.79 Å². The molecule has 122 valence electrons. The lowest BCUT2D eigenvalue weighted by atomic mass is 9.76. The van der Waals surface area contributed by atoms with E-state index in [2.05, 4.69) is 13.5 Å². The SMILES string of the molecule is C=C1C(=O)O[C@H]2[C@H]1[C@H](OC(C)=O)C[C@@](C)(O)[C@H]1CC[C@@H](C)[C@@H]21. The Labute approximate surface area is 130 Å². The van der Waals surface area contributed by atoms with Gasteiger partial charge >= 0.3 is 11.9 Å². The van der Waals surface area contributed by atoms with E-state index in [4.69, 9.17) is 9.47 Å². The number of carbonyl (C=O) groups is 2. The van der Waals surface area contributed by atoms with Gasteiger partial charge in [0, 0.05) is 24.8 Å². The van der Waals surface area contributed by atoms with Crippen LogP contribution >= 0.6 is 0 Å². The van der Waals surface area contributed by atoms with Crippen molar-refractivity contribution in [2.24, 2.45) is 23.7 Å². The summed E-state index contributed by atoms with van der Waals surface area (Å²) < 4.78 is 11.1. The maximum atomic E-state index is 12.0. The lowest BCUT2D eigenvalue weighted by molar-refractivity contribution is -0.152. The maximum absolute atomic E-state index is 12.0. The molecule has 1 heterocycles. The molecule has 0 aromatic heterocycles. The minimum atomic E-state index is -0.938. The first-order valence-electron chi connectivity index (χ1n) is 8.01. The minimum absolute atomic E-state index is 0.0502. The van der Waals surface area contributed by atoms with E-state index in [1.165, 1.54) is 6.92 Å². The quantitative estimate of drug-likeness (QED) is 0.591. The number of fused-ring (bicyclic) bond motifs is 3. The van der Waals surface area contributed by atoms with E-state index in [0.29, 0.717) is 17.9 Å². The fourth-order valence-electron chi connectivity index (χ4n) is 4.88. The molecule has 5 nitrogen and oxygen atoms in total. The van der Waals surface area contributed by atoms with Gasteiger partial charge in [-0.05, 0) is 31.6 Å². The van der Waals surface area contributed by atoms with Crippen LogP contribution in [0.1, 0.15) is 40.0 Å². The Kier molecular flexibility index (Phi) is 3.59. The smallest absolute Gasteiger partial charge is 0.334 e. The molecule has 3 rings (SSSR count). The van der Waals surface area contributed by atoms with Crippen molar-refractivity contribution in [2.75, 3.05) is 0 Å². The van der Waals surface area contributed by atoms with Crippen LogP contribution in [0.5, 0.6) is 0 Å². The predicted molar refractivity (Wildman–Crippen MR) is 78.7 cm³/mol. The van der Waals surface area contributed by atoms with Crippen LogP contribution in [0.25, 0.3) is 0 Å². The molecule has 1 N–H and O–H groups in total. The summed E-state index contributed by atoms with van der Waals surface area (Å²) in [4.78, 5) is 23.5. The van der Waals surface area contributed by atoms with Gasteiger partial charge in [0.25, 0.3) is 0 Å². The molecule has 2 saturated carbocycles. The van der Waals surface area contributed by atoms with Crippen LogP contribution in [0.4, 0.5) is 0 Å². The number of carbonyl (C=O) groups excluding carboxylic acids is 2. The van der Waals surface area contributed by atoms with Crippen molar-refractivity contribution in [3.05, 3.63) is 12.2 Å². The van der Waals surface area contributed by atoms with Crippen molar-refractivity contribution in [1.29, 1.82) is 0 Å². The zero-order chi connectivity index (χ0) is 16.2. The van der Waals surface area contributed by atoms with Crippen LogP contribution in [0, 0.1) is 23.7 Å². The Hall–Kier alpha value is -1.36. The molecule has 3 fully saturated rings. The zero-order valence-electron chi connectivity index (χ0n) is 13.4. The average Bonchev–Trinajstić information content (AvgIpc) is 2.87. The minimum Gasteiger partial charge on any atom is -0.462 e. The van der Waals surface area contributed by atoms with E-state index in [0.717, 1.165) is 12.8 Å². The van der Waals surface area contributed by atoms with Gasteiger partial charge in [0.1, 0.15) is 12.2 Å². The largest absolute Gasteiger partial charge is 0.462 e. The van der Waals surface area contributed by atoms with Crippen molar-refractivity contribution in [3.8, 4) is 0 Å². The lowest BCUT2D eigenvalue weighted by Gasteiger charge is -2.35. The number of rotatable bonds is 1. The number of aliphatic hydroxyl groups is 1. The van der Waals surface area contributed by atoms with Crippen LogP contribution in [0.3, 0.4) is 0 Å². The molecule has 0 unspecified atom stereocenters. The van der Waals surface area contributed by atoms with Gasteiger partial charge in [-0.3, -0.25) is 4.79 Å². The number of hydrogen-bond acceptors (Lipinski definition) is 5. The van der Waals surface area contributed by atoms with E-state index in [-0.39, 0.29) is 23.9 Å². The van der Waals surface area contributed by atoms with E-state index in [1.54, 1.807) is 0 Å². The van der Waals surface area contributed by atoms with Gasteiger partial charge in [-0.15, -0.1) is 0 Å². The molecular formula is C17H24O5. The molecule has 0 spiro atoms. The van der Waals surface area contributed by atoms with E-state index in [1.807, 2.05) is 6.92 Å². The summed E-state index contributed by atoms with van der Waals surface area (Å²) in [6, 6.07) is 0. The number of hydrogen-bond donors (Lipinski definition) is 1. The molecule has 1 saturated heterocycles. The van der Waals surface area contributed by atoms with Crippen molar-refractivity contribution in [3.63, 3.8) is 0 Å². The molecule has 5 heteroatoms. The van der Waals surface area contributed by atoms with Crippen LogP contribution < -0.4 is 0 Å². The van der Waals surface area contributed by atoms with Crippen molar-refractivity contribution < 1.29 is 24.2 Å². The molecule has 0 aromatic rings. The molecule has 0 bridgehead atoms. The predicted octanol–water partition coefficient (Wildman–Crippen LogP) is 1.83. The van der Waals surface area contributed by atoms with Gasteiger partial charge in [0.05, 0.1) is 11.5 Å². The summed E-state index contributed by atoms with van der Waals surface area (Å²) >= 11 is 0. The van der Waals surface area contributed by atoms with E-state index < -0.39 is 23.6 Å².